The van der Waals surface area contributed by atoms with Crippen LogP contribution >= 0.6 is 23.4 Å². The van der Waals surface area contributed by atoms with Crippen molar-refractivity contribution < 1.29 is 32.3 Å². The predicted molar refractivity (Wildman–Crippen MR) is 118 cm³/mol. The highest BCUT2D eigenvalue weighted by Crippen LogP contribution is 2.40. The molecule has 0 saturated heterocycles. The fourth-order valence-corrected chi connectivity index (χ4v) is 4.49. The van der Waals surface area contributed by atoms with Crippen molar-refractivity contribution in [2.45, 2.75) is 37.9 Å². The van der Waals surface area contributed by atoms with Gasteiger partial charge >= 0.3 is 6.18 Å². The van der Waals surface area contributed by atoms with Crippen molar-refractivity contribution in [2.24, 2.45) is 10.7 Å². The van der Waals surface area contributed by atoms with E-state index in [0.29, 0.717) is 29.3 Å². The molecule has 178 valence electrons. The zero-order chi connectivity index (χ0) is 24.8. The number of nitrogens with zero attached hydrogens (tertiary/aromatic N) is 2. The second-order valence-corrected chi connectivity index (χ2v) is 8.48. The number of benzene rings is 1. The summed E-state index contributed by atoms with van der Waals surface area (Å²) in [5.41, 5.74) is 3.68. The van der Waals surface area contributed by atoms with E-state index in [2.05, 4.69) is 9.98 Å². The summed E-state index contributed by atoms with van der Waals surface area (Å²) in [4.78, 5) is 29.0. The van der Waals surface area contributed by atoms with E-state index in [4.69, 9.17) is 27.2 Å². The first-order valence-electron chi connectivity index (χ1n) is 9.59. The van der Waals surface area contributed by atoms with Gasteiger partial charge in [-0.1, -0.05) is 36.4 Å². The molecule has 0 amide bonds. The van der Waals surface area contributed by atoms with Crippen LogP contribution in [0.25, 0.3) is 0 Å². The molecule has 6 nitrogen and oxygen atoms in total. The topological polar surface area (TPSA) is 106 Å². The van der Waals surface area contributed by atoms with Gasteiger partial charge in [-0.25, -0.2) is 9.37 Å². The van der Waals surface area contributed by atoms with Crippen molar-refractivity contribution in [3.8, 4) is 0 Å². The van der Waals surface area contributed by atoms with Crippen LogP contribution in [-0.4, -0.2) is 33.3 Å². The molecule has 1 atom stereocenters. The number of hydrogen-bond donors (Lipinski definition) is 2. The lowest BCUT2D eigenvalue weighted by atomic mass is 9.83. The molecule has 2 aromatic rings. The molecule has 3 N–H and O–H groups in total. The van der Waals surface area contributed by atoms with Crippen LogP contribution in [0.2, 0.25) is 5.15 Å². The first-order chi connectivity index (χ1) is 15.5. The molecule has 3 rings (SSSR count). The minimum Gasteiger partial charge on any atom is -0.483 e. The van der Waals surface area contributed by atoms with Gasteiger partial charge in [-0.15, -0.1) is 0 Å². The molecule has 0 fully saturated rings. The molecule has 2 heterocycles. The molecular weight excluding hydrogens is 486 g/mol. The van der Waals surface area contributed by atoms with Crippen LogP contribution in [0.1, 0.15) is 46.9 Å². The zero-order valence-electron chi connectivity index (χ0n) is 17.3. The summed E-state index contributed by atoms with van der Waals surface area (Å²) < 4.78 is 54.4. The normalized spacial score (nSPS) is 18.1. The van der Waals surface area contributed by atoms with Gasteiger partial charge in [-0.05, 0) is 42.7 Å². The Morgan fingerprint density at radius 1 is 1.33 bits per heavy atom. The second kappa shape index (κ2) is 11.0. The third kappa shape index (κ3) is 6.44. The van der Waals surface area contributed by atoms with Gasteiger partial charge in [0.25, 0.3) is 6.47 Å². The Labute approximate surface area is 196 Å². The van der Waals surface area contributed by atoms with Crippen LogP contribution in [0, 0.1) is 5.82 Å². The number of hydrogen-bond acceptors (Lipinski definition) is 6. The molecule has 1 aliphatic heterocycles. The Hall–Kier alpha value is -2.66. The number of carbonyl (C=O) groups is 2. The Balaban J connectivity index is 0.00000122. The minimum absolute atomic E-state index is 0.222. The standard InChI is InChI=1S/C20H18ClF4N3OS.CH2O2/c1-2-19(7-8-30-18(26)28-19)13-9-11(3-5-14(13)22)10-15(29)17-12(20(23,24)25)4-6-16(21)27-17;2-1-3/h3-6,9H,2,7-8,10H2,1H3,(H2,26,28);1H,(H,2,3)/t19-;/m0./s1. The summed E-state index contributed by atoms with van der Waals surface area (Å²) in [6.07, 6.45) is -4.11. The van der Waals surface area contributed by atoms with E-state index in [1.807, 2.05) is 6.92 Å². The van der Waals surface area contributed by atoms with Crippen molar-refractivity contribution >= 4 is 40.8 Å². The summed E-state index contributed by atoms with van der Waals surface area (Å²) in [5.74, 6) is -0.712. The maximum atomic E-state index is 14.7. The quantitative estimate of drug-likeness (QED) is 0.254. The van der Waals surface area contributed by atoms with Gasteiger partial charge < -0.3 is 10.8 Å². The first kappa shape index (κ1) is 26.6. The smallest absolute Gasteiger partial charge is 0.418 e. The van der Waals surface area contributed by atoms with Gasteiger partial charge in [0.05, 0.1) is 11.1 Å². The number of pyridine rings is 1. The molecule has 1 aliphatic rings. The molecule has 0 aliphatic carbocycles. The summed E-state index contributed by atoms with van der Waals surface area (Å²) in [6, 6.07) is 5.73. The van der Waals surface area contributed by atoms with Crippen LogP contribution in [-0.2, 0) is 22.9 Å². The number of alkyl halides is 3. The maximum Gasteiger partial charge on any atom is 0.418 e. The molecule has 0 saturated carbocycles. The van der Waals surface area contributed by atoms with Gasteiger partial charge in [0, 0.05) is 17.7 Å². The van der Waals surface area contributed by atoms with Crippen LogP contribution in [0.5, 0.6) is 0 Å². The van der Waals surface area contributed by atoms with Crippen molar-refractivity contribution in [2.75, 3.05) is 5.75 Å². The summed E-state index contributed by atoms with van der Waals surface area (Å²) in [6.45, 7) is 1.61. The predicted octanol–water partition coefficient (Wildman–Crippen LogP) is 5.08. The highest BCUT2D eigenvalue weighted by molar-refractivity contribution is 8.13. The van der Waals surface area contributed by atoms with E-state index in [1.54, 1.807) is 0 Å². The van der Waals surface area contributed by atoms with Gasteiger partial charge in [-0.2, -0.15) is 13.2 Å². The highest BCUT2D eigenvalue weighted by atomic mass is 35.5. The van der Waals surface area contributed by atoms with Crippen LogP contribution < -0.4 is 5.73 Å². The average molecular weight is 506 g/mol. The molecule has 1 aromatic carbocycles. The van der Waals surface area contributed by atoms with E-state index in [0.717, 1.165) is 12.1 Å². The van der Waals surface area contributed by atoms with Gasteiger partial charge in [0.1, 0.15) is 16.7 Å². The number of nitrogens with two attached hydrogens (primary N) is 1. The summed E-state index contributed by atoms with van der Waals surface area (Å²) in [5, 5.41) is 7.02. The van der Waals surface area contributed by atoms with E-state index < -0.39 is 41.0 Å². The van der Waals surface area contributed by atoms with E-state index in [9.17, 15) is 22.4 Å². The lowest BCUT2D eigenvalue weighted by Gasteiger charge is -2.33. The van der Waals surface area contributed by atoms with E-state index in [-0.39, 0.29) is 17.2 Å². The molecule has 12 heteroatoms. The average Bonchev–Trinajstić information content (AvgIpc) is 2.74. The monoisotopic (exact) mass is 505 g/mol. The number of rotatable bonds is 5. The highest BCUT2D eigenvalue weighted by Gasteiger charge is 2.37. The molecule has 0 bridgehead atoms. The zero-order valence-corrected chi connectivity index (χ0v) is 18.9. The molecule has 33 heavy (non-hydrogen) atoms. The van der Waals surface area contributed by atoms with Crippen molar-refractivity contribution in [3.63, 3.8) is 0 Å². The Kier molecular flexibility index (Phi) is 8.84. The summed E-state index contributed by atoms with van der Waals surface area (Å²) in [7, 11) is 0. The van der Waals surface area contributed by atoms with E-state index >= 15 is 0 Å². The van der Waals surface area contributed by atoms with Gasteiger partial charge in [-0.3, -0.25) is 14.6 Å². The number of aliphatic imine (C=N–C) groups is 1. The lowest BCUT2D eigenvalue weighted by molar-refractivity contribution is -0.138. The van der Waals surface area contributed by atoms with Crippen LogP contribution in [0.4, 0.5) is 17.6 Å². The molecule has 0 unspecified atom stereocenters. The molecular formula is C21H20ClF4N3O3S. The molecule has 0 radical (unpaired) electrons. The Bertz CT molecular complexity index is 1070. The fourth-order valence-electron chi connectivity index (χ4n) is 3.45. The molecule has 1 aromatic heterocycles. The molecule has 0 spiro atoms. The largest absolute Gasteiger partial charge is 0.483 e. The second-order valence-electron chi connectivity index (χ2n) is 6.98. The number of carbonyl (C=O) groups excluding carboxylic acids is 1. The lowest BCUT2D eigenvalue weighted by Crippen LogP contribution is -2.32. The Morgan fingerprint density at radius 2 is 2.00 bits per heavy atom. The number of Topliss-reactive ketones (excluding diaryl/α,β-unsaturated/α-hetero) is 1. The van der Waals surface area contributed by atoms with Crippen LogP contribution in [0.3, 0.4) is 0 Å². The number of amidine groups is 1. The van der Waals surface area contributed by atoms with Crippen LogP contribution in [0.15, 0.2) is 35.3 Å². The SMILES string of the molecule is CC[C@@]1(c2cc(CC(=O)c3nc(Cl)ccc3C(F)(F)F)ccc2F)CCSC(N)=N1.O=CO. The number of aromatic nitrogens is 1. The summed E-state index contributed by atoms with van der Waals surface area (Å²) >= 11 is 7.08. The number of thioether (sulfide) groups is 1. The third-order valence-corrected chi connectivity index (χ3v) is 6.01. The third-order valence-electron chi connectivity index (χ3n) is 5.00. The number of carboxylic acid groups (broad SMARTS) is 1. The Morgan fingerprint density at radius 3 is 2.58 bits per heavy atom. The number of halogens is 5. The van der Waals surface area contributed by atoms with Crippen molar-refractivity contribution in [1.29, 1.82) is 0 Å². The minimum atomic E-state index is -4.76. The van der Waals surface area contributed by atoms with Gasteiger partial charge in [0.2, 0.25) is 0 Å². The van der Waals surface area contributed by atoms with Crippen molar-refractivity contribution in [3.05, 3.63) is 63.7 Å². The number of ketones is 1. The van der Waals surface area contributed by atoms with Crippen molar-refractivity contribution in [1.82, 2.24) is 4.98 Å². The van der Waals surface area contributed by atoms with E-state index in [1.165, 1.54) is 30.0 Å². The first-order valence-corrected chi connectivity index (χ1v) is 11.0. The fraction of sp³-hybridized carbons (Fsp3) is 0.333. The van der Waals surface area contributed by atoms with Gasteiger partial charge in [0.15, 0.2) is 11.0 Å². The maximum absolute atomic E-state index is 14.7.